The van der Waals surface area contributed by atoms with Gasteiger partial charge in [0, 0.05) is 12.7 Å². The molecule has 0 aliphatic carbocycles. The Morgan fingerprint density at radius 1 is 1.39 bits per heavy atom. The summed E-state index contributed by atoms with van der Waals surface area (Å²) in [5.41, 5.74) is 1.38. The largest absolute Gasteiger partial charge is 0.351 e. The number of nitrogens with zero attached hydrogens (tertiary/aromatic N) is 3. The molecular weight excluding hydrogens is 250 g/mol. The first kappa shape index (κ1) is 15.7. The predicted octanol–water partition coefficient (Wildman–Crippen LogP) is 3.01. The van der Waals surface area contributed by atoms with E-state index in [0.29, 0.717) is 12.3 Å². The topological polar surface area (TPSA) is 69.3 Å². The van der Waals surface area contributed by atoms with Gasteiger partial charge in [-0.1, -0.05) is 18.7 Å². The Bertz CT molecular complexity index is 391. The summed E-state index contributed by atoms with van der Waals surface area (Å²) in [6.45, 7) is 8.35. The number of hydrogen-bond donors (Lipinski definition) is 0. The lowest BCUT2D eigenvalue weighted by Gasteiger charge is -2.19. The van der Waals surface area contributed by atoms with Crippen molar-refractivity contribution in [3.05, 3.63) is 49.4 Å². The Morgan fingerprint density at radius 3 is 2.56 bits per heavy atom. The minimum Gasteiger partial charge on any atom is -0.351 e. The molecule has 1 heterocycles. The van der Waals surface area contributed by atoms with Crippen molar-refractivity contribution >= 4 is 12.3 Å². The van der Waals surface area contributed by atoms with Crippen LogP contribution in [0.15, 0.2) is 49.4 Å². The van der Waals surface area contributed by atoms with Gasteiger partial charge < -0.3 is 13.3 Å². The first-order chi connectivity index (χ1) is 8.78. The Kier molecular flexibility index (Phi) is 9.75. The SMILES string of the molecule is C=CCC1=CC=CN(C=C)C1.N#COSOC#N. The van der Waals surface area contributed by atoms with E-state index in [0.717, 1.165) is 13.0 Å². The summed E-state index contributed by atoms with van der Waals surface area (Å²) in [7, 11) is 0. The monoisotopic (exact) mass is 263 g/mol. The van der Waals surface area contributed by atoms with E-state index in [9.17, 15) is 0 Å². The molecule has 0 unspecified atom stereocenters. The van der Waals surface area contributed by atoms with Crippen LogP contribution in [0.4, 0.5) is 0 Å². The molecule has 18 heavy (non-hydrogen) atoms. The molecule has 0 amide bonds. The summed E-state index contributed by atoms with van der Waals surface area (Å²) < 4.78 is 7.70. The maximum absolute atomic E-state index is 7.61. The highest BCUT2D eigenvalue weighted by molar-refractivity contribution is 7.90. The van der Waals surface area contributed by atoms with Crippen molar-refractivity contribution in [1.82, 2.24) is 4.90 Å². The Morgan fingerprint density at radius 2 is 2.06 bits per heavy atom. The molecule has 94 valence electrons. The molecule has 5 nitrogen and oxygen atoms in total. The van der Waals surface area contributed by atoms with E-state index in [2.05, 4.69) is 32.5 Å². The average Bonchev–Trinajstić information content (AvgIpc) is 2.41. The van der Waals surface area contributed by atoms with E-state index in [4.69, 9.17) is 10.5 Å². The van der Waals surface area contributed by atoms with Gasteiger partial charge in [-0.3, -0.25) is 0 Å². The lowest BCUT2D eigenvalue weighted by atomic mass is 10.1. The first-order valence-electron chi connectivity index (χ1n) is 4.91. The molecule has 1 aliphatic heterocycles. The van der Waals surface area contributed by atoms with E-state index in [-0.39, 0.29) is 0 Å². The van der Waals surface area contributed by atoms with Gasteiger partial charge in [0.25, 0.3) is 0 Å². The number of rotatable bonds is 5. The third kappa shape index (κ3) is 7.91. The summed E-state index contributed by atoms with van der Waals surface area (Å²) >= 11 is 0.331. The van der Waals surface area contributed by atoms with Gasteiger partial charge in [-0.05, 0) is 24.3 Å². The minimum absolute atomic E-state index is 0.331. The van der Waals surface area contributed by atoms with Gasteiger partial charge in [-0.2, -0.15) is 0 Å². The highest BCUT2D eigenvalue weighted by Crippen LogP contribution is 2.10. The molecule has 0 fully saturated rings. The highest BCUT2D eigenvalue weighted by Gasteiger charge is 2.01. The van der Waals surface area contributed by atoms with Crippen molar-refractivity contribution < 1.29 is 8.37 Å². The Hall–Kier alpha value is -2.31. The normalized spacial score (nSPS) is 11.9. The van der Waals surface area contributed by atoms with Gasteiger partial charge in [0.2, 0.25) is 0 Å². The second-order valence-electron chi connectivity index (χ2n) is 2.93. The van der Waals surface area contributed by atoms with Crippen LogP contribution in [0.2, 0.25) is 0 Å². The summed E-state index contributed by atoms with van der Waals surface area (Å²) in [5, 5.41) is 15.2. The molecular formula is C12H13N3O2S. The fourth-order valence-corrected chi connectivity index (χ4v) is 1.22. The van der Waals surface area contributed by atoms with Crippen LogP contribution in [-0.2, 0) is 8.37 Å². The summed E-state index contributed by atoms with van der Waals surface area (Å²) in [6, 6.07) is 0. The fourth-order valence-electron chi connectivity index (χ4n) is 1.12. The predicted molar refractivity (Wildman–Crippen MR) is 69.9 cm³/mol. The lowest BCUT2D eigenvalue weighted by molar-refractivity contribution is 0.485. The zero-order valence-corrected chi connectivity index (χ0v) is 10.6. The van der Waals surface area contributed by atoms with Crippen LogP contribution >= 0.6 is 12.3 Å². The van der Waals surface area contributed by atoms with E-state index >= 15 is 0 Å². The van der Waals surface area contributed by atoms with Crippen molar-refractivity contribution in [3.8, 4) is 12.5 Å². The molecule has 0 radical (unpaired) electrons. The molecule has 0 aromatic carbocycles. The van der Waals surface area contributed by atoms with Gasteiger partial charge >= 0.3 is 24.8 Å². The van der Waals surface area contributed by atoms with Gasteiger partial charge in [-0.15, -0.1) is 17.1 Å². The Labute approximate surface area is 111 Å². The fraction of sp³-hybridized carbons (Fsp3) is 0.167. The van der Waals surface area contributed by atoms with Crippen LogP contribution in [0.25, 0.3) is 0 Å². The van der Waals surface area contributed by atoms with Gasteiger partial charge in [0.15, 0.2) is 0 Å². The molecule has 6 heteroatoms. The molecule has 0 spiro atoms. The smallest absolute Gasteiger partial charge is 0.316 e. The molecule has 1 rings (SSSR count). The number of hydrogen-bond acceptors (Lipinski definition) is 6. The van der Waals surface area contributed by atoms with Crippen molar-refractivity contribution in [2.75, 3.05) is 6.54 Å². The molecule has 0 aromatic heterocycles. The van der Waals surface area contributed by atoms with E-state index in [1.54, 1.807) is 0 Å². The lowest BCUT2D eigenvalue weighted by Crippen LogP contribution is -2.14. The van der Waals surface area contributed by atoms with E-state index < -0.39 is 0 Å². The van der Waals surface area contributed by atoms with E-state index in [1.165, 1.54) is 18.1 Å². The second-order valence-corrected chi connectivity index (χ2v) is 3.40. The first-order valence-corrected chi connectivity index (χ1v) is 5.58. The van der Waals surface area contributed by atoms with Crippen LogP contribution in [0.5, 0.6) is 0 Å². The molecule has 0 bridgehead atoms. The Balaban J connectivity index is 0.000000360. The summed E-state index contributed by atoms with van der Waals surface area (Å²) in [4.78, 5) is 2.05. The van der Waals surface area contributed by atoms with Gasteiger partial charge in [0.05, 0.1) is 0 Å². The van der Waals surface area contributed by atoms with Crippen molar-refractivity contribution in [2.45, 2.75) is 6.42 Å². The maximum atomic E-state index is 7.61. The van der Waals surface area contributed by atoms with Crippen molar-refractivity contribution in [1.29, 1.82) is 10.5 Å². The summed E-state index contributed by atoms with van der Waals surface area (Å²) in [6.07, 6.45) is 13.5. The summed E-state index contributed by atoms with van der Waals surface area (Å²) in [5.74, 6) is 0. The molecule has 0 saturated carbocycles. The standard InChI is InChI=1S/C10H13N.C2N2O2S/c1-3-6-10-7-5-8-11(4-2)9-10;3-1-5-7-6-2-4/h3-5,7-8H,1-2,6,9H2;. The van der Waals surface area contributed by atoms with Crippen LogP contribution in [0, 0.1) is 23.0 Å². The molecule has 0 aromatic rings. The second kappa shape index (κ2) is 11.2. The third-order valence-corrected chi connectivity index (χ3v) is 2.06. The third-order valence-electron chi connectivity index (χ3n) is 1.78. The van der Waals surface area contributed by atoms with Gasteiger partial charge in [0.1, 0.15) is 0 Å². The zero-order chi connectivity index (χ0) is 13.6. The zero-order valence-electron chi connectivity index (χ0n) is 9.78. The highest BCUT2D eigenvalue weighted by atomic mass is 32.2. The maximum Gasteiger partial charge on any atom is 0.316 e. The van der Waals surface area contributed by atoms with Crippen molar-refractivity contribution in [3.63, 3.8) is 0 Å². The van der Waals surface area contributed by atoms with Gasteiger partial charge in [-0.25, -0.2) is 0 Å². The molecule has 0 N–H and O–H groups in total. The number of allylic oxidation sites excluding steroid dienone is 3. The van der Waals surface area contributed by atoms with Crippen molar-refractivity contribution in [2.24, 2.45) is 0 Å². The molecule has 1 aliphatic rings. The number of nitriles is 2. The average molecular weight is 263 g/mol. The minimum atomic E-state index is 0.331. The molecule has 0 saturated heterocycles. The van der Waals surface area contributed by atoms with Crippen LogP contribution in [0.1, 0.15) is 6.42 Å². The van der Waals surface area contributed by atoms with Crippen LogP contribution < -0.4 is 0 Å². The van der Waals surface area contributed by atoms with E-state index in [1.807, 2.05) is 24.6 Å². The quantitative estimate of drug-likeness (QED) is 0.329. The van der Waals surface area contributed by atoms with Crippen LogP contribution in [0.3, 0.4) is 0 Å². The van der Waals surface area contributed by atoms with Crippen LogP contribution in [-0.4, -0.2) is 11.4 Å². The molecule has 0 atom stereocenters.